The summed E-state index contributed by atoms with van der Waals surface area (Å²) in [5, 5.41) is 12.9. The maximum Gasteiger partial charge on any atom is 0.271 e. The number of amides is 1. The van der Waals surface area contributed by atoms with E-state index < -0.39 is 0 Å². The predicted molar refractivity (Wildman–Crippen MR) is 188 cm³/mol. The second-order valence-corrected chi connectivity index (χ2v) is 11.8. The van der Waals surface area contributed by atoms with Crippen LogP contribution in [0.1, 0.15) is 34.0 Å². The summed E-state index contributed by atoms with van der Waals surface area (Å²) in [7, 11) is 0. The molecule has 1 aromatic heterocycles. The van der Waals surface area contributed by atoms with Gasteiger partial charge in [0.2, 0.25) is 0 Å². The third kappa shape index (κ3) is 7.37. The number of carbonyl (C=O) groups excluding carboxylic acids is 1. The third-order valence-electron chi connectivity index (χ3n) is 7.21. The van der Waals surface area contributed by atoms with E-state index in [4.69, 9.17) is 21.1 Å². The molecule has 0 saturated carbocycles. The molecular formula is C37H31ClN4O3S. The van der Waals surface area contributed by atoms with E-state index in [9.17, 15) is 4.79 Å². The number of ether oxygens (including phenoxy) is 2. The van der Waals surface area contributed by atoms with Crippen molar-refractivity contribution in [2.24, 2.45) is 5.10 Å². The van der Waals surface area contributed by atoms with Gasteiger partial charge in [-0.15, -0.1) is 11.3 Å². The van der Waals surface area contributed by atoms with E-state index in [0.717, 1.165) is 38.4 Å². The van der Waals surface area contributed by atoms with Crippen LogP contribution in [-0.4, -0.2) is 23.7 Å². The average molecular weight is 647 g/mol. The molecule has 46 heavy (non-hydrogen) atoms. The van der Waals surface area contributed by atoms with Crippen molar-refractivity contribution >= 4 is 56.7 Å². The lowest BCUT2D eigenvalue weighted by atomic mass is 10.1. The Morgan fingerprint density at radius 2 is 1.74 bits per heavy atom. The topological polar surface area (TPSA) is 84.8 Å². The number of anilines is 2. The van der Waals surface area contributed by atoms with Gasteiger partial charge < -0.3 is 14.8 Å². The minimum Gasteiger partial charge on any atom is -0.490 e. The van der Waals surface area contributed by atoms with E-state index in [1.807, 2.05) is 60.8 Å². The minimum atomic E-state index is -0.339. The van der Waals surface area contributed by atoms with Crippen LogP contribution in [0, 0.1) is 6.92 Å². The van der Waals surface area contributed by atoms with Gasteiger partial charge in [0.05, 0.1) is 23.5 Å². The molecule has 6 rings (SSSR count). The Bertz CT molecular complexity index is 2000. The molecule has 0 atom stereocenters. The molecule has 5 aromatic carbocycles. The number of hydrazone groups is 1. The van der Waals surface area contributed by atoms with Gasteiger partial charge in [0.15, 0.2) is 16.6 Å². The normalized spacial score (nSPS) is 11.1. The summed E-state index contributed by atoms with van der Waals surface area (Å²) < 4.78 is 12.0. The summed E-state index contributed by atoms with van der Waals surface area (Å²) in [4.78, 5) is 17.5. The summed E-state index contributed by atoms with van der Waals surface area (Å²) >= 11 is 8.17. The van der Waals surface area contributed by atoms with E-state index in [1.54, 1.807) is 24.3 Å². The molecule has 0 spiro atoms. The summed E-state index contributed by atoms with van der Waals surface area (Å²) in [5.41, 5.74) is 8.68. The Hall–Kier alpha value is -5.18. The number of hydrogen-bond donors (Lipinski definition) is 2. The van der Waals surface area contributed by atoms with Crippen LogP contribution in [0.15, 0.2) is 114 Å². The Kier molecular flexibility index (Phi) is 9.57. The van der Waals surface area contributed by atoms with Crippen LogP contribution in [0.25, 0.3) is 22.0 Å². The van der Waals surface area contributed by atoms with Gasteiger partial charge in [-0.05, 0) is 72.1 Å². The van der Waals surface area contributed by atoms with Gasteiger partial charge in [0, 0.05) is 22.2 Å². The quantitative estimate of drug-likeness (QED) is 0.108. The lowest BCUT2D eigenvalue weighted by Gasteiger charge is -2.15. The zero-order valence-electron chi connectivity index (χ0n) is 25.3. The predicted octanol–water partition coefficient (Wildman–Crippen LogP) is 9.41. The lowest BCUT2D eigenvalue weighted by Crippen LogP contribution is -2.17. The van der Waals surface area contributed by atoms with E-state index in [-0.39, 0.29) is 5.91 Å². The molecule has 230 valence electrons. The zero-order valence-corrected chi connectivity index (χ0v) is 26.9. The van der Waals surface area contributed by atoms with Crippen molar-refractivity contribution in [1.82, 2.24) is 10.4 Å². The van der Waals surface area contributed by atoms with E-state index in [0.29, 0.717) is 40.9 Å². The van der Waals surface area contributed by atoms with Crippen molar-refractivity contribution in [3.05, 3.63) is 136 Å². The molecule has 0 radical (unpaired) electrons. The highest BCUT2D eigenvalue weighted by Gasteiger charge is 2.14. The summed E-state index contributed by atoms with van der Waals surface area (Å²) in [6, 6.07) is 33.2. The van der Waals surface area contributed by atoms with E-state index in [1.165, 1.54) is 23.1 Å². The molecule has 0 aliphatic carbocycles. The largest absolute Gasteiger partial charge is 0.490 e. The van der Waals surface area contributed by atoms with Crippen molar-refractivity contribution in [2.75, 3.05) is 11.9 Å². The molecule has 0 aliphatic rings. The van der Waals surface area contributed by atoms with Crippen LogP contribution < -0.4 is 20.2 Å². The monoisotopic (exact) mass is 646 g/mol. The first-order valence-electron chi connectivity index (χ1n) is 14.8. The molecule has 2 N–H and O–H groups in total. The summed E-state index contributed by atoms with van der Waals surface area (Å²) in [5.74, 6) is 0.614. The maximum atomic E-state index is 12.8. The molecule has 9 heteroatoms. The minimum absolute atomic E-state index is 0.331. The fraction of sp³-hybridized carbons (Fsp3) is 0.108. The van der Waals surface area contributed by atoms with Gasteiger partial charge in [0.25, 0.3) is 5.91 Å². The first kappa shape index (κ1) is 30.8. The van der Waals surface area contributed by atoms with Gasteiger partial charge >= 0.3 is 0 Å². The number of halogens is 1. The molecule has 0 aliphatic heterocycles. The highest BCUT2D eigenvalue weighted by Crippen LogP contribution is 2.37. The summed E-state index contributed by atoms with van der Waals surface area (Å²) in [6.07, 6.45) is 1.52. The maximum absolute atomic E-state index is 12.8. The highest BCUT2D eigenvalue weighted by molar-refractivity contribution is 7.14. The van der Waals surface area contributed by atoms with Gasteiger partial charge in [-0.3, -0.25) is 4.79 Å². The molecule has 1 amide bonds. The van der Waals surface area contributed by atoms with Gasteiger partial charge in [0.1, 0.15) is 6.61 Å². The standard InChI is InChI=1S/C37H31ClN4O3S/c1-3-44-34-20-25(19-32(38)35(34)45-22-29-9-6-8-26-7-4-5-10-31(26)29)21-39-42-36(43)28-15-13-27(14-16-28)33-23-46-37(41-33)40-30-17-11-24(2)12-18-30/h4-21,23H,3,22H2,1-2H3,(H,40,41)(H,42,43)/b39-21-. The van der Waals surface area contributed by atoms with Crippen LogP contribution >= 0.6 is 22.9 Å². The molecule has 0 bridgehead atoms. The average Bonchev–Trinajstić information content (AvgIpc) is 3.54. The Morgan fingerprint density at radius 3 is 2.54 bits per heavy atom. The smallest absolute Gasteiger partial charge is 0.271 e. The van der Waals surface area contributed by atoms with Crippen LogP contribution in [-0.2, 0) is 6.61 Å². The molecule has 0 saturated heterocycles. The van der Waals surface area contributed by atoms with Gasteiger partial charge in [-0.25, -0.2) is 10.4 Å². The number of hydrogen-bond acceptors (Lipinski definition) is 7. The second-order valence-electron chi connectivity index (χ2n) is 10.5. The number of aromatic nitrogens is 1. The zero-order chi connectivity index (χ0) is 31.9. The van der Waals surface area contributed by atoms with Crippen LogP contribution in [0.5, 0.6) is 11.5 Å². The number of benzene rings is 5. The number of nitrogens with one attached hydrogen (secondary N) is 2. The number of thiazole rings is 1. The molecule has 0 fully saturated rings. The van der Waals surface area contributed by atoms with Crippen LogP contribution in [0.4, 0.5) is 10.8 Å². The number of nitrogens with zero attached hydrogens (tertiary/aromatic N) is 2. The summed E-state index contributed by atoms with van der Waals surface area (Å²) in [6.45, 7) is 4.71. The van der Waals surface area contributed by atoms with Crippen LogP contribution in [0.3, 0.4) is 0 Å². The fourth-order valence-electron chi connectivity index (χ4n) is 4.88. The van der Waals surface area contributed by atoms with Crippen molar-refractivity contribution in [1.29, 1.82) is 0 Å². The number of fused-ring (bicyclic) bond motifs is 1. The lowest BCUT2D eigenvalue weighted by molar-refractivity contribution is 0.0955. The van der Waals surface area contributed by atoms with Gasteiger partial charge in [-0.1, -0.05) is 83.9 Å². The molecule has 7 nitrogen and oxygen atoms in total. The number of aryl methyl sites for hydroxylation is 1. The van der Waals surface area contributed by atoms with Crippen molar-refractivity contribution in [3.8, 4) is 22.8 Å². The third-order valence-corrected chi connectivity index (χ3v) is 8.25. The Balaban J connectivity index is 1.08. The number of carbonyl (C=O) groups is 1. The van der Waals surface area contributed by atoms with Crippen LogP contribution in [0.2, 0.25) is 5.02 Å². The van der Waals surface area contributed by atoms with Crippen molar-refractivity contribution in [3.63, 3.8) is 0 Å². The number of rotatable bonds is 11. The Labute approximate surface area is 276 Å². The van der Waals surface area contributed by atoms with E-state index in [2.05, 4.69) is 58.1 Å². The molecule has 1 heterocycles. The first-order chi connectivity index (χ1) is 22.5. The van der Waals surface area contributed by atoms with Gasteiger partial charge in [-0.2, -0.15) is 5.10 Å². The fourth-order valence-corrected chi connectivity index (χ4v) is 5.89. The highest BCUT2D eigenvalue weighted by atomic mass is 35.5. The molecule has 0 unspecified atom stereocenters. The Morgan fingerprint density at radius 1 is 0.957 bits per heavy atom. The molecule has 6 aromatic rings. The SMILES string of the molecule is CCOc1cc(/C=N\NC(=O)c2ccc(-c3csc(Nc4ccc(C)cc4)n3)cc2)cc(Cl)c1OCc1cccc2ccccc12. The van der Waals surface area contributed by atoms with Crippen molar-refractivity contribution in [2.45, 2.75) is 20.5 Å². The van der Waals surface area contributed by atoms with E-state index >= 15 is 0 Å². The van der Waals surface area contributed by atoms with Crippen molar-refractivity contribution < 1.29 is 14.3 Å². The molecular weight excluding hydrogens is 616 g/mol. The second kappa shape index (κ2) is 14.3. The first-order valence-corrected chi connectivity index (χ1v) is 16.0.